The number of aromatic nitrogens is 2. The van der Waals surface area contributed by atoms with Crippen LogP contribution in [0.3, 0.4) is 0 Å². The van der Waals surface area contributed by atoms with E-state index in [0.29, 0.717) is 31.0 Å². The summed E-state index contributed by atoms with van der Waals surface area (Å²) in [6.45, 7) is 1.06. The van der Waals surface area contributed by atoms with Gasteiger partial charge in [-0.05, 0) is 50.7 Å². The van der Waals surface area contributed by atoms with E-state index in [0.717, 1.165) is 11.9 Å². The summed E-state index contributed by atoms with van der Waals surface area (Å²) in [5, 5.41) is 10.1. The second-order valence-corrected chi connectivity index (χ2v) is 7.19. The Morgan fingerprint density at radius 3 is 2.65 bits per heavy atom. The minimum absolute atomic E-state index is 0.0802. The molecule has 140 valence electrons. The lowest BCUT2D eigenvalue weighted by Crippen LogP contribution is -2.53. The third-order valence-corrected chi connectivity index (χ3v) is 5.30. The molecule has 0 saturated carbocycles. The third-order valence-electron chi connectivity index (χ3n) is 4.40. The van der Waals surface area contributed by atoms with E-state index in [1.54, 1.807) is 6.07 Å². The Morgan fingerprint density at radius 2 is 2.04 bits per heavy atom. The fourth-order valence-electron chi connectivity index (χ4n) is 2.94. The van der Waals surface area contributed by atoms with Gasteiger partial charge in [-0.2, -0.15) is 0 Å². The van der Waals surface area contributed by atoms with Crippen molar-refractivity contribution >= 4 is 23.5 Å². The minimum atomic E-state index is -0.640. The normalized spacial score (nSPS) is 20.5. The zero-order valence-electron chi connectivity index (χ0n) is 14.6. The summed E-state index contributed by atoms with van der Waals surface area (Å²) in [7, 11) is 3.77. The van der Waals surface area contributed by atoms with Crippen LogP contribution in [-0.4, -0.2) is 59.3 Å². The maximum atomic E-state index is 14.5. The average molecular weight is 381 g/mol. The molecule has 0 radical (unpaired) electrons. The molecular weight excluding hydrogens is 360 g/mol. The molecule has 9 heteroatoms. The van der Waals surface area contributed by atoms with Crippen molar-refractivity contribution in [3.05, 3.63) is 42.4 Å². The lowest BCUT2D eigenvalue weighted by atomic mass is 10.0. The highest BCUT2D eigenvalue weighted by Crippen LogP contribution is 2.31. The number of benzene rings is 1. The molecule has 2 atom stereocenters. The van der Waals surface area contributed by atoms with Crippen LogP contribution in [0.4, 0.5) is 20.3 Å². The molecule has 6 nitrogen and oxygen atoms in total. The molecule has 0 bridgehead atoms. The highest BCUT2D eigenvalue weighted by molar-refractivity contribution is 8.00. The van der Waals surface area contributed by atoms with E-state index in [-0.39, 0.29) is 10.9 Å². The molecule has 0 aliphatic carbocycles. The number of hydrogen-bond acceptors (Lipinski definition) is 7. The molecule has 2 aromatic rings. The summed E-state index contributed by atoms with van der Waals surface area (Å²) in [6, 6.07) is 4.19. The number of hydrogen-bond donors (Lipinski definition) is 2. The molecule has 1 fully saturated rings. The van der Waals surface area contributed by atoms with Gasteiger partial charge in [0.2, 0.25) is 0 Å². The SMILES string of the molecule is CN(C)C1CN(c2cc(F)c(SNc3ccncn3)c(F)c2)CCC1O. The van der Waals surface area contributed by atoms with Gasteiger partial charge in [-0.1, -0.05) is 0 Å². The Kier molecular flexibility index (Phi) is 5.90. The maximum absolute atomic E-state index is 14.5. The Morgan fingerprint density at radius 1 is 1.31 bits per heavy atom. The number of piperidine rings is 1. The van der Waals surface area contributed by atoms with Crippen molar-refractivity contribution in [2.45, 2.75) is 23.5 Å². The number of anilines is 2. The highest BCUT2D eigenvalue weighted by Gasteiger charge is 2.30. The average Bonchev–Trinajstić information content (AvgIpc) is 2.62. The first-order chi connectivity index (χ1) is 12.5. The van der Waals surface area contributed by atoms with Gasteiger partial charge in [-0.15, -0.1) is 0 Å². The first kappa shape index (κ1) is 18.8. The van der Waals surface area contributed by atoms with Crippen molar-refractivity contribution < 1.29 is 13.9 Å². The standard InChI is InChI=1S/C17H21F2N5OS/c1-23(2)14-9-24(6-4-15(14)25)11-7-12(18)17(13(19)8-11)26-22-16-3-5-20-10-21-16/h3,5,7-8,10,14-15,25H,4,6,9H2,1-2H3,(H,20,21,22). The minimum Gasteiger partial charge on any atom is -0.391 e. The van der Waals surface area contributed by atoms with Gasteiger partial charge in [0.05, 0.1) is 12.1 Å². The van der Waals surface area contributed by atoms with Gasteiger partial charge in [-0.3, -0.25) is 0 Å². The van der Waals surface area contributed by atoms with E-state index < -0.39 is 17.7 Å². The number of likely N-dealkylation sites (N-methyl/N-ethyl adjacent to an activating group) is 1. The summed E-state index contributed by atoms with van der Waals surface area (Å²) in [6.07, 6.45) is 3.00. The second kappa shape index (κ2) is 8.15. The molecule has 1 aromatic heterocycles. The Labute approximate surface area is 155 Å². The number of halogens is 2. The summed E-state index contributed by atoms with van der Waals surface area (Å²) in [5.41, 5.74) is 0.477. The molecule has 0 amide bonds. The van der Waals surface area contributed by atoms with Crippen molar-refractivity contribution in [1.29, 1.82) is 0 Å². The molecule has 1 aromatic carbocycles. The van der Waals surface area contributed by atoms with Gasteiger partial charge in [0.15, 0.2) is 0 Å². The largest absolute Gasteiger partial charge is 0.391 e. The van der Waals surface area contributed by atoms with Crippen molar-refractivity contribution in [3.63, 3.8) is 0 Å². The van der Waals surface area contributed by atoms with Crippen LogP contribution in [0.15, 0.2) is 35.6 Å². The third kappa shape index (κ3) is 4.22. The molecule has 2 N–H and O–H groups in total. The van der Waals surface area contributed by atoms with E-state index in [1.165, 1.54) is 24.7 Å². The molecule has 2 unspecified atom stereocenters. The number of nitrogens with zero attached hydrogens (tertiary/aromatic N) is 4. The van der Waals surface area contributed by atoms with Gasteiger partial charge in [-0.25, -0.2) is 18.7 Å². The van der Waals surface area contributed by atoms with Crippen LogP contribution in [0, 0.1) is 11.6 Å². The van der Waals surface area contributed by atoms with E-state index in [4.69, 9.17) is 0 Å². The predicted molar refractivity (Wildman–Crippen MR) is 98.2 cm³/mol. The van der Waals surface area contributed by atoms with E-state index in [1.807, 2.05) is 23.9 Å². The van der Waals surface area contributed by atoms with E-state index in [2.05, 4.69) is 14.7 Å². The van der Waals surface area contributed by atoms with Gasteiger partial charge in [0.1, 0.15) is 28.7 Å². The van der Waals surface area contributed by atoms with Crippen LogP contribution in [0.25, 0.3) is 0 Å². The van der Waals surface area contributed by atoms with Crippen LogP contribution < -0.4 is 9.62 Å². The lowest BCUT2D eigenvalue weighted by molar-refractivity contribution is 0.0603. The van der Waals surface area contributed by atoms with Crippen LogP contribution in [-0.2, 0) is 0 Å². The summed E-state index contributed by atoms with van der Waals surface area (Å²) in [5.74, 6) is -0.815. The summed E-state index contributed by atoms with van der Waals surface area (Å²) < 4.78 is 31.8. The van der Waals surface area contributed by atoms with Crippen molar-refractivity contribution in [2.24, 2.45) is 0 Å². The van der Waals surface area contributed by atoms with Gasteiger partial charge < -0.3 is 19.6 Å². The molecule has 1 aliphatic rings. The predicted octanol–water partition coefficient (Wildman–Crippen LogP) is 2.38. The molecule has 1 aliphatic heterocycles. The first-order valence-electron chi connectivity index (χ1n) is 8.23. The Balaban J connectivity index is 1.74. The van der Waals surface area contributed by atoms with Gasteiger partial charge in [0, 0.05) is 25.0 Å². The molecule has 0 spiro atoms. The fraction of sp³-hybridized carbons (Fsp3) is 0.412. The molecule has 2 heterocycles. The smallest absolute Gasteiger partial charge is 0.143 e. The molecule has 26 heavy (non-hydrogen) atoms. The topological polar surface area (TPSA) is 64.5 Å². The zero-order valence-corrected chi connectivity index (χ0v) is 15.4. The number of nitrogens with one attached hydrogen (secondary N) is 1. The number of aliphatic hydroxyl groups is 1. The second-order valence-electron chi connectivity index (χ2n) is 6.37. The number of aliphatic hydroxyl groups excluding tert-OH is 1. The summed E-state index contributed by atoms with van der Waals surface area (Å²) >= 11 is 0.831. The molecule has 3 rings (SSSR count). The highest BCUT2D eigenvalue weighted by atomic mass is 32.2. The van der Waals surface area contributed by atoms with Gasteiger partial charge >= 0.3 is 0 Å². The van der Waals surface area contributed by atoms with Crippen LogP contribution >= 0.6 is 11.9 Å². The maximum Gasteiger partial charge on any atom is 0.143 e. The van der Waals surface area contributed by atoms with Crippen LogP contribution in [0.2, 0.25) is 0 Å². The summed E-state index contributed by atoms with van der Waals surface area (Å²) in [4.78, 5) is 11.5. The van der Waals surface area contributed by atoms with E-state index in [9.17, 15) is 13.9 Å². The van der Waals surface area contributed by atoms with Crippen molar-refractivity contribution in [3.8, 4) is 0 Å². The lowest BCUT2D eigenvalue weighted by Gasteiger charge is -2.40. The molecule has 1 saturated heterocycles. The van der Waals surface area contributed by atoms with Crippen LogP contribution in [0.1, 0.15) is 6.42 Å². The zero-order chi connectivity index (χ0) is 18.7. The fourth-order valence-corrected chi connectivity index (χ4v) is 3.58. The number of rotatable bonds is 5. The van der Waals surface area contributed by atoms with Gasteiger partial charge in [0.25, 0.3) is 0 Å². The van der Waals surface area contributed by atoms with Crippen molar-refractivity contribution in [2.75, 3.05) is 36.8 Å². The Hall–Kier alpha value is -1.97. The van der Waals surface area contributed by atoms with Crippen LogP contribution in [0.5, 0.6) is 0 Å². The van der Waals surface area contributed by atoms with Crippen molar-refractivity contribution in [1.82, 2.24) is 14.9 Å². The first-order valence-corrected chi connectivity index (χ1v) is 9.04. The monoisotopic (exact) mass is 381 g/mol. The Bertz CT molecular complexity index is 726. The quantitative estimate of drug-likeness (QED) is 0.771. The van der Waals surface area contributed by atoms with E-state index >= 15 is 0 Å². The molecular formula is C17H21F2N5OS.